The highest BCUT2D eigenvalue weighted by atomic mass is 16.3. The van der Waals surface area contributed by atoms with Crippen molar-refractivity contribution in [1.29, 1.82) is 0 Å². The largest absolute Gasteiger partial charge is 0.394 e. The average molecular weight is 158 g/mol. The monoisotopic (exact) mass is 158 g/mol. The number of amides is 1. The van der Waals surface area contributed by atoms with Crippen molar-refractivity contribution in [2.24, 2.45) is 0 Å². The van der Waals surface area contributed by atoms with Crippen LogP contribution >= 0.6 is 0 Å². The molecule has 0 aromatic carbocycles. The maximum atomic E-state index is 11.1. The van der Waals surface area contributed by atoms with Crippen molar-refractivity contribution in [3.63, 3.8) is 0 Å². The average Bonchev–Trinajstić information content (AvgIpc) is 1.99. The number of nitrogens with zero attached hydrogens (tertiary/aromatic N) is 1. The summed E-state index contributed by atoms with van der Waals surface area (Å²) in [7, 11) is 1.85. The Bertz CT molecular complexity index is 161. The fourth-order valence-electron chi connectivity index (χ4n) is 1.21. The van der Waals surface area contributed by atoms with Crippen LogP contribution in [0.5, 0.6) is 0 Å². The summed E-state index contributed by atoms with van der Waals surface area (Å²) in [5.74, 6) is -0.0758. The highest BCUT2D eigenvalue weighted by Gasteiger charge is 2.30. The zero-order chi connectivity index (χ0) is 8.43. The Morgan fingerprint density at radius 1 is 1.82 bits per heavy atom. The topological polar surface area (TPSA) is 52.6 Å². The summed E-state index contributed by atoms with van der Waals surface area (Å²) in [5, 5.41) is 11.6. The van der Waals surface area contributed by atoms with Gasteiger partial charge in [0.15, 0.2) is 0 Å². The van der Waals surface area contributed by atoms with Crippen LogP contribution in [0.1, 0.15) is 6.92 Å². The van der Waals surface area contributed by atoms with Crippen molar-refractivity contribution in [3.8, 4) is 0 Å². The molecule has 64 valence electrons. The predicted molar refractivity (Wildman–Crippen MR) is 41.1 cm³/mol. The first-order valence-electron chi connectivity index (χ1n) is 3.77. The summed E-state index contributed by atoms with van der Waals surface area (Å²) in [6.07, 6.45) is 0. The van der Waals surface area contributed by atoms with Crippen LogP contribution in [0, 0.1) is 0 Å². The SMILES string of the molecule is CC1CNC(=O)C(CO)N1C. The van der Waals surface area contributed by atoms with Gasteiger partial charge in [0.05, 0.1) is 6.61 Å². The zero-order valence-electron chi connectivity index (χ0n) is 6.87. The lowest BCUT2D eigenvalue weighted by atomic mass is 10.1. The lowest BCUT2D eigenvalue weighted by Gasteiger charge is -2.35. The molecule has 1 fully saturated rings. The first-order chi connectivity index (χ1) is 5.16. The smallest absolute Gasteiger partial charge is 0.239 e. The van der Waals surface area contributed by atoms with Crippen LogP contribution in [0.15, 0.2) is 0 Å². The van der Waals surface area contributed by atoms with E-state index in [1.165, 1.54) is 0 Å². The maximum Gasteiger partial charge on any atom is 0.239 e. The second kappa shape index (κ2) is 3.19. The van der Waals surface area contributed by atoms with Crippen molar-refractivity contribution in [3.05, 3.63) is 0 Å². The third-order valence-corrected chi connectivity index (χ3v) is 2.23. The Labute approximate surface area is 66.2 Å². The first-order valence-corrected chi connectivity index (χ1v) is 3.77. The van der Waals surface area contributed by atoms with Crippen LogP contribution in [-0.4, -0.2) is 48.2 Å². The van der Waals surface area contributed by atoms with E-state index in [0.29, 0.717) is 12.6 Å². The molecule has 2 atom stereocenters. The van der Waals surface area contributed by atoms with Gasteiger partial charge in [-0.1, -0.05) is 0 Å². The van der Waals surface area contributed by atoms with E-state index in [-0.39, 0.29) is 18.6 Å². The summed E-state index contributed by atoms with van der Waals surface area (Å²) in [6.45, 7) is 2.58. The van der Waals surface area contributed by atoms with E-state index < -0.39 is 0 Å². The second-order valence-electron chi connectivity index (χ2n) is 2.96. The molecule has 1 heterocycles. The Hall–Kier alpha value is -0.610. The molecule has 1 saturated heterocycles. The predicted octanol–water partition coefficient (Wildman–Crippen LogP) is -1.20. The molecule has 0 spiro atoms. The number of hydrogen-bond acceptors (Lipinski definition) is 3. The molecule has 2 N–H and O–H groups in total. The van der Waals surface area contributed by atoms with Crippen LogP contribution in [0.4, 0.5) is 0 Å². The van der Waals surface area contributed by atoms with Gasteiger partial charge in [0.1, 0.15) is 6.04 Å². The second-order valence-corrected chi connectivity index (χ2v) is 2.96. The molecule has 0 bridgehead atoms. The molecule has 4 heteroatoms. The number of carbonyl (C=O) groups is 1. The van der Waals surface area contributed by atoms with Crippen LogP contribution in [0.3, 0.4) is 0 Å². The van der Waals surface area contributed by atoms with Crippen molar-refractivity contribution in [2.45, 2.75) is 19.0 Å². The Morgan fingerprint density at radius 3 is 2.91 bits per heavy atom. The molecule has 0 saturated carbocycles. The fourth-order valence-corrected chi connectivity index (χ4v) is 1.21. The molecule has 0 aromatic heterocycles. The molecular weight excluding hydrogens is 144 g/mol. The summed E-state index contributed by atoms with van der Waals surface area (Å²) >= 11 is 0. The highest BCUT2D eigenvalue weighted by molar-refractivity contribution is 5.82. The molecule has 1 amide bonds. The van der Waals surface area contributed by atoms with Gasteiger partial charge in [-0.05, 0) is 14.0 Å². The van der Waals surface area contributed by atoms with Crippen LogP contribution in [0.2, 0.25) is 0 Å². The molecule has 1 rings (SSSR count). The minimum absolute atomic E-state index is 0.0758. The minimum Gasteiger partial charge on any atom is -0.394 e. The standard InChI is InChI=1S/C7H14N2O2/c1-5-3-8-7(11)6(4-10)9(5)2/h5-6,10H,3-4H2,1-2H3,(H,8,11). The van der Waals surface area contributed by atoms with Crippen molar-refractivity contribution in [1.82, 2.24) is 10.2 Å². The molecule has 0 radical (unpaired) electrons. The third-order valence-electron chi connectivity index (χ3n) is 2.23. The summed E-state index contributed by atoms with van der Waals surface area (Å²) in [6, 6.07) is -0.0522. The number of piperazine rings is 1. The highest BCUT2D eigenvalue weighted by Crippen LogP contribution is 2.06. The van der Waals surface area contributed by atoms with Gasteiger partial charge < -0.3 is 10.4 Å². The molecule has 4 nitrogen and oxygen atoms in total. The van der Waals surface area contributed by atoms with E-state index in [1.54, 1.807) is 0 Å². The number of aliphatic hydroxyl groups excluding tert-OH is 1. The van der Waals surface area contributed by atoms with Crippen LogP contribution in [0.25, 0.3) is 0 Å². The quantitative estimate of drug-likeness (QED) is 0.504. The maximum absolute atomic E-state index is 11.1. The number of likely N-dealkylation sites (N-methyl/N-ethyl adjacent to an activating group) is 1. The van der Waals surface area contributed by atoms with E-state index in [0.717, 1.165) is 0 Å². The Balaban J connectivity index is 2.63. The fraction of sp³-hybridized carbons (Fsp3) is 0.857. The minimum atomic E-state index is -0.362. The van der Waals surface area contributed by atoms with E-state index in [4.69, 9.17) is 5.11 Å². The van der Waals surface area contributed by atoms with Crippen LogP contribution < -0.4 is 5.32 Å². The normalized spacial score (nSPS) is 33.5. The van der Waals surface area contributed by atoms with Crippen LogP contribution in [-0.2, 0) is 4.79 Å². The van der Waals surface area contributed by atoms with Gasteiger partial charge in [-0.3, -0.25) is 9.69 Å². The van der Waals surface area contributed by atoms with Crippen molar-refractivity contribution >= 4 is 5.91 Å². The zero-order valence-corrected chi connectivity index (χ0v) is 6.87. The lowest BCUT2D eigenvalue weighted by molar-refractivity contribution is -0.131. The van der Waals surface area contributed by atoms with E-state index in [9.17, 15) is 4.79 Å². The number of hydrogen-bond donors (Lipinski definition) is 2. The molecular formula is C7H14N2O2. The van der Waals surface area contributed by atoms with E-state index >= 15 is 0 Å². The third kappa shape index (κ3) is 1.52. The number of carbonyl (C=O) groups excluding carboxylic acids is 1. The number of rotatable bonds is 1. The van der Waals surface area contributed by atoms with Gasteiger partial charge in [0.2, 0.25) is 5.91 Å². The van der Waals surface area contributed by atoms with E-state index in [2.05, 4.69) is 5.32 Å². The summed E-state index contributed by atoms with van der Waals surface area (Å²) in [4.78, 5) is 13.0. The summed E-state index contributed by atoms with van der Waals surface area (Å²) < 4.78 is 0. The first kappa shape index (κ1) is 8.49. The lowest BCUT2D eigenvalue weighted by Crippen LogP contribution is -2.59. The number of nitrogens with one attached hydrogen (secondary N) is 1. The van der Waals surface area contributed by atoms with Gasteiger partial charge in [0, 0.05) is 12.6 Å². The molecule has 2 unspecified atom stereocenters. The summed E-state index contributed by atoms with van der Waals surface area (Å²) in [5.41, 5.74) is 0. The Kier molecular flexibility index (Phi) is 2.46. The molecule has 0 aromatic rings. The Morgan fingerprint density at radius 2 is 2.45 bits per heavy atom. The van der Waals surface area contributed by atoms with E-state index in [1.807, 2.05) is 18.9 Å². The molecule has 1 aliphatic rings. The number of aliphatic hydroxyl groups is 1. The van der Waals surface area contributed by atoms with Gasteiger partial charge in [-0.25, -0.2) is 0 Å². The van der Waals surface area contributed by atoms with Gasteiger partial charge in [-0.15, -0.1) is 0 Å². The molecule has 0 aliphatic carbocycles. The molecule has 1 aliphatic heterocycles. The van der Waals surface area contributed by atoms with Crippen molar-refractivity contribution in [2.75, 3.05) is 20.2 Å². The van der Waals surface area contributed by atoms with Crippen molar-refractivity contribution < 1.29 is 9.90 Å². The van der Waals surface area contributed by atoms with Gasteiger partial charge in [0.25, 0.3) is 0 Å². The molecule has 11 heavy (non-hydrogen) atoms. The van der Waals surface area contributed by atoms with Gasteiger partial charge >= 0.3 is 0 Å². The van der Waals surface area contributed by atoms with Gasteiger partial charge in [-0.2, -0.15) is 0 Å².